The quantitative estimate of drug-likeness (QED) is 0.279. The number of amides is 1. The summed E-state index contributed by atoms with van der Waals surface area (Å²) in [6, 6.07) is 17.6. The Hall–Kier alpha value is -3.49. The number of aromatic amines is 1. The van der Waals surface area contributed by atoms with Crippen LogP contribution in [0.25, 0.3) is 10.9 Å². The SMILES string of the molecule is Cc1cc(C)c(S(=O)(=O)N(CC(=O)N(CCc2c[nH]c3ccccc23)Cc2ccc(F)cc2)C2CC2)c(C)c1. The van der Waals surface area contributed by atoms with Crippen LogP contribution in [0.4, 0.5) is 4.39 Å². The number of hydrogen-bond donors (Lipinski definition) is 1. The van der Waals surface area contributed by atoms with E-state index < -0.39 is 10.0 Å². The molecule has 0 radical (unpaired) electrons. The van der Waals surface area contributed by atoms with Crippen LogP contribution in [0.3, 0.4) is 0 Å². The Morgan fingerprint density at radius 1 is 1.00 bits per heavy atom. The van der Waals surface area contributed by atoms with E-state index in [4.69, 9.17) is 0 Å². The highest BCUT2D eigenvalue weighted by Crippen LogP contribution is 2.34. The summed E-state index contributed by atoms with van der Waals surface area (Å²) in [4.78, 5) is 19.1. The fourth-order valence-electron chi connectivity index (χ4n) is 5.39. The zero-order chi connectivity index (χ0) is 27.7. The Bertz CT molecular complexity index is 1580. The minimum atomic E-state index is -3.88. The molecule has 39 heavy (non-hydrogen) atoms. The van der Waals surface area contributed by atoms with E-state index in [1.54, 1.807) is 17.0 Å². The number of carbonyl (C=O) groups excluding carboxylic acids is 1. The second kappa shape index (κ2) is 10.9. The van der Waals surface area contributed by atoms with Crippen LogP contribution >= 0.6 is 0 Å². The van der Waals surface area contributed by atoms with Gasteiger partial charge in [0.2, 0.25) is 15.9 Å². The molecule has 1 N–H and O–H groups in total. The van der Waals surface area contributed by atoms with Crippen molar-refractivity contribution in [2.75, 3.05) is 13.1 Å². The molecular formula is C31H34FN3O3S. The third-order valence-electron chi connectivity index (χ3n) is 7.38. The predicted octanol–water partition coefficient (Wildman–Crippen LogP) is 5.66. The molecule has 6 nitrogen and oxygen atoms in total. The fraction of sp³-hybridized carbons (Fsp3) is 0.323. The Kier molecular flexibility index (Phi) is 7.60. The molecule has 0 bridgehead atoms. The number of benzene rings is 3. The van der Waals surface area contributed by atoms with Gasteiger partial charge < -0.3 is 9.88 Å². The lowest BCUT2D eigenvalue weighted by Crippen LogP contribution is -2.44. The van der Waals surface area contributed by atoms with Crippen molar-refractivity contribution in [3.8, 4) is 0 Å². The molecule has 0 saturated heterocycles. The first kappa shape index (κ1) is 27.1. The summed E-state index contributed by atoms with van der Waals surface area (Å²) >= 11 is 0. The highest BCUT2D eigenvalue weighted by atomic mass is 32.2. The zero-order valence-corrected chi connectivity index (χ0v) is 23.4. The molecule has 0 aliphatic heterocycles. The van der Waals surface area contributed by atoms with Crippen LogP contribution in [-0.2, 0) is 27.8 Å². The van der Waals surface area contributed by atoms with E-state index >= 15 is 0 Å². The minimum absolute atomic E-state index is 0.180. The van der Waals surface area contributed by atoms with Crippen LogP contribution in [0.1, 0.15) is 40.7 Å². The van der Waals surface area contributed by atoms with Crippen molar-refractivity contribution in [1.82, 2.24) is 14.2 Å². The Balaban J connectivity index is 1.42. The average molecular weight is 548 g/mol. The van der Waals surface area contributed by atoms with E-state index in [0.29, 0.717) is 24.1 Å². The minimum Gasteiger partial charge on any atom is -0.361 e. The maximum atomic E-state index is 13.9. The molecule has 0 atom stereocenters. The molecule has 1 aliphatic carbocycles. The van der Waals surface area contributed by atoms with Gasteiger partial charge in [-0.2, -0.15) is 4.31 Å². The summed E-state index contributed by atoms with van der Waals surface area (Å²) in [6.45, 7) is 6.00. The van der Waals surface area contributed by atoms with E-state index in [1.165, 1.54) is 16.4 Å². The van der Waals surface area contributed by atoms with Gasteiger partial charge in [0, 0.05) is 36.2 Å². The number of para-hydroxylation sites is 1. The molecule has 1 fully saturated rings. The molecule has 3 aromatic carbocycles. The van der Waals surface area contributed by atoms with Gasteiger partial charge in [-0.05, 0) is 80.5 Å². The largest absolute Gasteiger partial charge is 0.361 e. The van der Waals surface area contributed by atoms with Crippen LogP contribution in [-0.4, -0.2) is 47.6 Å². The van der Waals surface area contributed by atoms with E-state index in [2.05, 4.69) is 4.98 Å². The molecule has 1 aromatic heterocycles. The summed E-state index contributed by atoms with van der Waals surface area (Å²) in [6.07, 6.45) is 4.03. The molecule has 1 amide bonds. The number of halogens is 1. The van der Waals surface area contributed by atoms with Crippen LogP contribution in [0.15, 0.2) is 71.8 Å². The molecule has 4 aromatic rings. The Labute approximate surface area is 229 Å². The van der Waals surface area contributed by atoms with Crippen molar-refractivity contribution in [2.45, 2.75) is 57.5 Å². The molecule has 0 unspecified atom stereocenters. The van der Waals surface area contributed by atoms with Crippen molar-refractivity contribution in [1.29, 1.82) is 0 Å². The third-order valence-corrected chi connectivity index (χ3v) is 9.59. The smallest absolute Gasteiger partial charge is 0.244 e. The van der Waals surface area contributed by atoms with Crippen molar-refractivity contribution in [3.63, 3.8) is 0 Å². The second-order valence-corrected chi connectivity index (χ2v) is 12.4. The van der Waals surface area contributed by atoms with Gasteiger partial charge in [-0.15, -0.1) is 0 Å². The van der Waals surface area contributed by atoms with Crippen LogP contribution < -0.4 is 0 Å². The maximum Gasteiger partial charge on any atom is 0.244 e. The standard InChI is InChI=1S/C31H34FN3O3S/c1-21-16-22(2)31(23(3)17-21)39(37,38)35(27-12-13-27)20-30(36)34(19-24-8-10-26(32)11-9-24)15-14-25-18-33-29-7-5-4-6-28(25)29/h4-11,16-18,27,33H,12-15,19-20H2,1-3H3. The molecule has 5 rings (SSSR count). The summed E-state index contributed by atoms with van der Waals surface area (Å²) in [5.41, 5.74) is 5.27. The number of nitrogens with one attached hydrogen (secondary N) is 1. The lowest BCUT2D eigenvalue weighted by atomic mass is 10.1. The van der Waals surface area contributed by atoms with E-state index in [9.17, 15) is 17.6 Å². The summed E-state index contributed by atoms with van der Waals surface area (Å²) < 4.78 is 42.8. The normalized spacial score (nSPS) is 13.8. The molecule has 1 aliphatic rings. The number of rotatable bonds is 10. The van der Waals surface area contributed by atoms with Crippen molar-refractivity contribution < 1.29 is 17.6 Å². The van der Waals surface area contributed by atoms with Gasteiger partial charge in [0.1, 0.15) is 5.82 Å². The van der Waals surface area contributed by atoms with E-state index in [0.717, 1.165) is 40.4 Å². The van der Waals surface area contributed by atoms with Gasteiger partial charge in [0.25, 0.3) is 0 Å². The van der Waals surface area contributed by atoms with E-state index in [-0.39, 0.29) is 35.8 Å². The number of fused-ring (bicyclic) bond motifs is 1. The lowest BCUT2D eigenvalue weighted by molar-refractivity contribution is -0.132. The molecular weight excluding hydrogens is 513 g/mol. The molecule has 1 heterocycles. The van der Waals surface area contributed by atoms with Gasteiger partial charge >= 0.3 is 0 Å². The molecule has 1 saturated carbocycles. The summed E-state index contributed by atoms with van der Waals surface area (Å²) in [7, 11) is -3.88. The highest BCUT2D eigenvalue weighted by molar-refractivity contribution is 7.89. The number of hydrogen-bond acceptors (Lipinski definition) is 3. The van der Waals surface area contributed by atoms with Gasteiger partial charge in [0.05, 0.1) is 11.4 Å². The average Bonchev–Trinajstić information content (AvgIpc) is 3.64. The van der Waals surface area contributed by atoms with Crippen molar-refractivity contribution >= 4 is 26.8 Å². The fourth-order valence-corrected chi connectivity index (χ4v) is 7.44. The third kappa shape index (κ3) is 5.92. The van der Waals surface area contributed by atoms with Crippen molar-refractivity contribution in [3.05, 3.63) is 100 Å². The summed E-state index contributed by atoms with van der Waals surface area (Å²) in [5.74, 6) is -0.609. The van der Waals surface area contributed by atoms with Gasteiger partial charge in [0.15, 0.2) is 0 Å². The summed E-state index contributed by atoms with van der Waals surface area (Å²) in [5, 5.41) is 1.10. The second-order valence-electron chi connectivity index (χ2n) is 10.6. The number of H-pyrrole nitrogens is 1. The highest BCUT2D eigenvalue weighted by Gasteiger charge is 2.41. The lowest BCUT2D eigenvalue weighted by Gasteiger charge is -2.28. The monoisotopic (exact) mass is 547 g/mol. The molecule has 0 spiro atoms. The number of aromatic nitrogens is 1. The van der Waals surface area contributed by atoms with Crippen LogP contribution in [0.2, 0.25) is 0 Å². The molecule has 8 heteroatoms. The first-order valence-electron chi connectivity index (χ1n) is 13.3. The predicted molar refractivity (Wildman–Crippen MR) is 151 cm³/mol. The maximum absolute atomic E-state index is 13.9. The van der Waals surface area contributed by atoms with Crippen LogP contribution in [0.5, 0.6) is 0 Å². The van der Waals surface area contributed by atoms with Crippen molar-refractivity contribution in [2.24, 2.45) is 0 Å². The Morgan fingerprint density at radius 3 is 2.33 bits per heavy atom. The first-order valence-corrected chi connectivity index (χ1v) is 14.7. The first-order chi connectivity index (χ1) is 18.6. The van der Waals surface area contributed by atoms with Gasteiger partial charge in [-0.1, -0.05) is 48.0 Å². The number of nitrogens with zero attached hydrogens (tertiary/aromatic N) is 2. The number of aryl methyl sites for hydroxylation is 3. The Morgan fingerprint density at radius 2 is 1.67 bits per heavy atom. The topological polar surface area (TPSA) is 73.5 Å². The molecule has 204 valence electrons. The van der Waals surface area contributed by atoms with Crippen LogP contribution in [0, 0.1) is 26.6 Å². The van der Waals surface area contributed by atoms with Gasteiger partial charge in [-0.25, -0.2) is 12.8 Å². The van der Waals surface area contributed by atoms with E-state index in [1.807, 2.05) is 63.4 Å². The number of sulfonamides is 1. The zero-order valence-electron chi connectivity index (χ0n) is 22.6. The number of carbonyl (C=O) groups is 1. The van der Waals surface area contributed by atoms with Gasteiger partial charge in [-0.3, -0.25) is 4.79 Å².